The molecular weight excluding hydrogens is 182 g/mol. The fourth-order valence-corrected chi connectivity index (χ4v) is 2.50. The zero-order valence-electron chi connectivity index (χ0n) is 7.42. The Morgan fingerprint density at radius 2 is 2.08 bits per heavy atom. The molecule has 4 heteroatoms. The predicted octanol–water partition coefficient (Wildman–Crippen LogP) is 1.63. The van der Waals surface area contributed by atoms with E-state index >= 15 is 0 Å². The molecule has 0 saturated carbocycles. The topological polar surface area (TPSA) is 53.1 Å². The Kier molecular flexibility index (Phi) is 2.22. The Morgan fingerprint density at radius 3 is 2.62 bits per heavy atom. The number of thiophene rings is 1. The number of anilines is 1. The Hall–Kier alpha value is -1.03. The van der Waals surface area contributed by atoms with Crippen molar-refractivity contribution in [1.29, 1.82) is 5.41 Å². The van der Waals surface area contributed by atoms with Gasteiger partial charge in [-0.25, -0.2) is 0 Å². The summed E-state index contributed by atoms with van der Waals surface area (Å²) in [6, 6.07) is 3.99. The predicted molar refractivity (Wildman–Crippen MR) is 56.8 cm³/mol. The zero-order valence-corrected chi connectivity index (χ0v) is 8.23. The van der Waals surface area contributed by atoms with E-state index in [1.54, 1.807) is 11.3 Å². The summed E-state index contributed by atoms with van der Waals surface area (Å²) >= 11 is 1.61. The van der Waals surface area contributed by atoms with E-state index in [0.29, 0.717) is 0 Å². The van der Waals surface area contributed by atoms with Gasteiger partial charge in [0.15, 0.2) is 0 Å². The van der Waals surface area contributed by atoms with Crippen molar-refractivity contribution >= 4 is 22.2 Å². The summed E-state index contributed by atoms with van der Waals surface area (Å²) in [4.78, 5) is 3.24. The summed E-state index contributed by atoms with van der Waals surface area (Å²) in [6.45, 7) is 2.30. The smallest absolute Gasteiger partial charge is 0.133 e. The molecule has 0 radical (unpaired) electrons. The van der Waals surface area contributed by atoms with E-state index in [9.17, 15) is 0 Å². The first-order chi connectivity index (χ1) is 6.27. The van der Waals surface area contributed by atoms with Gasteiger partial charge in [-0.2, -0.15) is 0 Å². The van der Waals surface area contributed by atoms with Crippen molar-refractivity contribution in [2.24, 2.45) is 5.73 Å². The third-order valence-corrected chi connectivity index (χ3v) is 3.45. The summed E-state index contributed by atoms with van der Waals surface area (Å²) in [7, 11) is 0. The van der Waals surface area contributed by atoms with Crippen LogP contribution in [0.5, 0.6) is 0 Å². The molecule has 1 fully saturated rings. The molecule has 1 aromatic rings. The zero-order chi connectivity index (χ0) is 9.26. The quantitative estimate of drug-likeness (QED) is 0.556. The van der Waals surface area contributed by atoms with Crippen LogP contribution in [0.25, 0.3) is 0 Å². The van der Waals surface area contributed by atoms with Crippen molar-refractivity contribution in [2.45, 2.75) is 12.8 Å². The Morgan fingerprint density at radius 1 is 1.38 bits per heavy atom. The van der Waals surface area contributed by atoms with Crippen molar-refractivity contribution in [3.63, 3.8) is 0 Å². The molecule has 2 heterocycles. The Labute approximate surface area is 81.7 Å². The second-order valence-electron chi connectivity index (χ2n) is 3.25. The number of nitrogens with one attached hydrogen (secondary N) is 1. The number of nitrogens with two attached hydrogens (primary N) is 1. The van der Waals surface area contributed by atoms with Gasteiger partial charge in [0, 0.05) is 13.1 Å². The van der Waals surface area contributed by atoms with Gasteiger partial charge >= 0.3 is 0 Å². The van der Waals surface area contributed by atoms with Crippen molar-refractivity contribution in [1.82, 2.24) is 0 Å². The van der Waals surface area contributed by atoms with E-state index in [1.165, 1.54) is 17.8 Å². The SMILES string of the molecule is N=C(N)c1ccc(N2CCCC2)s1. The highest BCUT2D eigenvalue weighted by atomic mass is 32.1. The van der Waals surface area contributed by atoms with Gasteiger partial charge in [-0.05, 0) is 25.0 Å². The molecule has 0 amide bonds. The number of hydrogen-bond acceptors (Lipinski definition) is 3. The summed E-state index contributed by atoms with van der Waals surface area (Å²) in [6.07, 6.45) is 2.57. The van der Waals surface area contributed by atoms with Crippen LogP contribution < -0.4 is 10.6 Å². The van der Waals surface area contributed by atoms with Gasteiger partial charge < -0.3 is 10.6 Å². The van der Waals surface area contributed by atoms with Crippen molar-refractivity contribution < 1.29 is 0 Å². The van der Waals surface area contributed by atoms with E-state index in [1.807, 2.05) is 6.07 Å². The van der Waals surface area contributed by atoms with Gasteiger partial charge in [0.1, 0.15) is 5.84 Å². The van der Waals surface area contributed by atoms with Crippen LogP contribution in [-0.4, -0.2) is 18.9 Å². The summed E-state index contributed by atoms with van der Waals surface area (Å²) in [5.74, 6) is 0.176. The average Bonchev–Trinajstić information content (AvgIpc) is 2.75. The van der Waals surface area contributed by atoms with Gasteiger partial charge in [0.2, 0.25) is 0 Å². The molecule has 1 aromatic heterocycles. The van der Waals surface area contributed by atoms with E-state index in [4.69, 9.17) is 11.1 Å². The molecule has 13 heavy (non-hydrogen) atoms. The minimum Gasteiger partial charge on any atom is -0.383 e. The molecule has 2 rings (SSSR count). The van der Waals surface area contributed by atoms with Crippen molar-refractivity contribution in [3.05, 3.63) is 17.0 Å². The van der Waals surface area contributed by atoms with E-state index in [-0.39, 0.29) is 5.84 Å². The summed E-state index contributed by atoms with van der Waals surface area (Å²) < 4.78 is 0. The first kappa shape index (κ1) is 8.56. The molecule has 3 nitrogen and oxygen atoms in total. The fraction of sp³-hybridized carbons (Fsp3) is 0.444. The van der Waals surface area contributed by atoms with Crippen LogP contribution in [0.2, 0.25) is 0 Å². The van der Waals surface area contributed by atoms with E-state index in [2.05, 4.69) is 11.0 Å². The molecule has 0 bridgehead atoms. The molecule has 0 unspecified atom stereocenters. The third-order valence-electron chi connectivity index (χ3n) is 2.28. The van der Waals surface area contributed by atoms with Crippen LogP contribution in [0.1, 0.15) is 17.7 Å². The Bertz CT molecular complexity index is 312. The van der Waals surface area contributed by atoms with E-state index in [0.717, 1.165) is 18.0 Å². The molecule has 70 valence electrons. The largest absolute Gasteiger partial charge is 0.383 e. The number of nitrogen functional groups attached to an aromatic ring is 1. The van der Waals surface area contributed by atoms with Gasteiger partial charge in [0.25, 0.3) is 0 Å². The molecule has 0 spiro atoms. The molecule has 3 N–H and O–H groups in total. The molecule has 0 atom stereocenters. The van der Waals surface area contributed by atoms with Crippen LogP contribution in [0, 0.1) is 5.41 Å². The molecule has 0 aromatic carbocycles. The average molecular weight is 195 g/mol. The van der Waals surface area contributed by atoms with Crippen LogP contribution in [0.3, 0.4) is 0 Å². The number of rotatable bonds is 2. The van der Waals surface area contributed by atoms with Crippen LogP contribution in [-0.2, 0) is 0 Å². The normalized spacial score (nSPS) is 16.5. The molecule has 0 aliphatic carbocycles. The van der Waals surface area contributed by atoms with Gasteiger partial charge in [-0.3, -0.25) is 5.41 Å². The molecule has 1 aliphatic rings. The van der Waals surface area contributed by atoms with Crippen molar-refractivity contribution in [2.75, 3.05) is 18.0 Å². The fourth-order valence-electron chi connectivity index (χ4n) is 1.58. The number of amidine groups is 1. The van der Waals surface area contributed by atoms with Crippen LogP contribution in [0.4, 0.5) is 5.00 Å². The van der Waals surface area contributed by atoms with Crippen molar-refractivity contribution in [3.8, 4) is 0 Å². The Balaban J connectivity index is 2.16. The first-order valence-corrected chi connectivity index (χ1v) is 5.28. The molecule has 1 aliphatic heterocycles. The van der Waals surface area contributed by atoms with Gasteiger partial charge in [-0.15, -0.1) is 11.3 Å². The minimum absolute atomic E-state index is 0.176. The van der Waals surface area contributed by atoms with Crippen LogP contribution in [0.15, 0.2) is 12.1 Å². The lowest BCUT2D eigenvalue weighted by Gasteiger charge is -2.13. The maximum atomic E-state index is 7.29. The highest BCUT2D eigenvalue weighted by Crippen LogP contribution is 2.28. The van der Waals surface area contributed by atoms with Gasteiger partial charge in [-0.1, -0.05) is 0 Å². The monoisotopic (exact) mass is 195 g/mol. The second kappa shape index (κ2) is 3.38. The first-order valence-electron chi connectivity index (χ1n) is 4.46. The highest BCUT2D eigenvalue weighted by Gasteiger charge is 2.14. The minimum atomic E-state index is 0.176. The van der Waals surface area contributed by atoms with E-state index < -0.39 is 0 Å². The maximum Gasteiger partial charge on any atom is 0.133 e. The van der Waals surface area contributed by atoms with Gasteiger partial charge in [0.05, 0.1) is 9.88 Å². The summed E-state index contributed by atoms with van der Waals surface area (Å²) in [5.41, 5.74) is 5.40. The second-order valence-corrected chi connectivity index (χ2v) is 4.31. The molecule has 1 saturated heterocycles. The lowest BCUT2D eigenvalue weighted by atomic mass is 10.4. The maximum absolute atomic E-state index is 7.29. The highest BCUT2D eigenvalue weighted by molar-refractivity contribution is 7.18. The lowest BCUT2D eigenvalue weighted by molar-refractivity contribution is 0.949. The number of nitrogens with zero attached hydrogens (tertiary/aromatic N) is 1. The number of hydrogen-bond donors (Lipinski definition) is 2. The lowest BCUT2D eigenvalue weighted by Crippen LogP contribution is -2.15. The summed E-state index contributed by atoms with van der Waals surface area (Å²) in [5, 5.41) is 8.54. The van der Waals surface area contributed by atoms with Crippen LogP contribution >= 0.6 is 11.3 Å². The molecular formula is C9H13N3S. The third kappa shape index (κ3) is 1.67. The standard InChI is InChI=1S/C9H13N3S/c10-9(11)7-3-4-8(13-7)12-5-1-2-6-12/h3-4H,1-2,5-6H2,(H3,10,11).